The predicted octanol–water partition coefficient (Wildman–Crippen LogP) is 2.28. The number of rotatable bonds is 4. The maximum atomic E-state index is 11.5. The summed E-state index contributed by atoms with van der Waals surface area (Å²) in [6.45, 7) is 2.03. The second-order valence-corrected chi connectivity index (χ2v) is 7.50. The Hall–Kier alpha value is -1.40. The Morgan fingerprint density at radius 2 is 2.11 bits per heavy atom. The highest BCUT2D eigenvalue weighted by atomic mass is 32.2. The highest BCUT2D eigenvalue weighted by Gasteiger charge is 2.11. The van der Waals surface area contributed by atoms with Gasteiger partial charge in [-0.05, 0) is 24.1 Å². The third-order valence-corrected chi connectivity index (χ3v) is 4.86. The molecule has 0 aliphatic rings. The number of thiazole rings is 1. The van der Waals surface area contributed by atoms with Crippen LogP contribution in [0.15, 0.2) is 29.2 Å². The lowest BCUT2D eigenvalue weighted by Crippen LogP contribution is -1.98. The monoisotopic (exact) mass is 296 g/mol. The molecule has 2 rings (SSSR count). The molecule has 0 aliphatic heterocycles. The molecule has 0 unspecified atom stereocenters. The average Bonchev–Trinajstić information content (AvgIpc) is 2.69. The molecule has 2 aromatic rings. The zero-order valence-electron chi connectivity index (χ0n) is 10.9. The zero-order chi connectivity index (χ0) is 14.0. The average molecular weight is 296 g/mol. The van der Waals surface area contributed by atoms with Crippen molar-refractivity contribution in [1.29, 1.82) is 0 Å². The van der Waals surface area contributed by atoms with Gasteiger partial charge >= 0.3 is 0 Å². The molecule has 0 amide bonds. The number of hydrogen-bond acceptors (Lipinski definition) is 5. The van der Waals surface area contributed by atoms with Gasteiger partial charge in [0, 0.05) is 17.6 Å². The highest BCUT2D eigenvalue weighted by molar-refractivity contribution is 7.90. The fourth-order valence-electron chi connectivity index (χ4n) is 1.89. The zero-order valence-corrected chi connectivity index (χ0v) is 12.5. The molecular formula is C13H16N2O2S2. The van der Waals surface area contributed by atoms with Crippen molar-refractivity contribution >= 4 is 26.3 Å². The molecule has 19 heavy (non-hydrogen) atoms. The van der Waals surface area contributed by atoms with Gasteiger partial charge in [-0.3, -0.25) is 0 Å². The Morgan fingerprint density at radius 1 is 1.37 bits per heavy atom. The standard InChI is InChI=1S/C13H16N2O2S2/c1-3-11-12(18-13(14)15-11)8-9-5-4-6-10(7-9)19(2,16)17/h4-7H,3,8H2,1-2H3,(H2,14,15). The summed E-state index contributed by atoms with van der Waals surface area (Å²) in [4.78, 5) is 5.72. The Bertz CT molecular complexity index is 690. The van der Waals surface area contributed by atoms with Crippen LogP contribution in [0.4, 0.5) is 5.13 Å². The number of benzene rings is 1. The predicted molar refractivity (Wildman–Crippen MR) is 78.3 cm³/mol. The third-order valence-electron chi connectivity index (χ3n) is 2.82. The SMILES string of the molecule is CCc1nc(N)sc1Cc1cccc(S(C)(=O)=O)c1. The van der Waals surface area contributed by atoms with E-state index in [9.17, 15) is 8.42 Å². The van der Waals surface area contributed by atoms with Crippen molar-refractivity contribution in [2.75, 3.05) is 12.0 Å². The van der Waals surface area contributed by atoms with E-state index in [4.69, 9.17) is 5.73 Å². The van der Waals surface area contributed by atoms with Gasteiger partial charge in [-0.2, -0.15) is 0 Å². The van der Waals surface area contributed by atoms with Crippen molar-refractivity contribution in [3.8, 4) is 0 Å². The van der Waals surface area contributed by atoms with E-state index in [1.165, 1.54) is 17.6 Å². The Labute approximate surface area is 117 Å². The summed E-state index contributed by atoms with van der Waals surface area (Å²) >= 11 is 1.46. The van der Waals surface area contributed by atoms with E-state index in [2.05, 4.69) is 4.98 Å². The van der Waals surface area contributed by atoms with Crippen LogP contribution >= 0.6 is 11.3 Å². The van der Waals surface area contributed by atoms with Crippen LogP contribution in [0.5, 0.6) is 0 Å². The molecule has 1 aromatic heterocycles. The molecule has 6 heteroatoms. The van der Waals surface area contributed by atoms with Gasteiger partial charge < -0.3 is 5.73 Å². The number of aromatic nitrogens is 1. The number of anilines is 1. The van der Waals surface area contributed by atoms with Gasteiger partial charge in [0.1, 0.15) is 0 Å². The van der Waals surface area contributed by atoms with Crippen molar-refractivity contribution in [2.45, 2.75) is 24.7 Å². The topological polar surface area (TPSA) is 73.0 Å². The fraction of sp³-hybridized carbons (Fsp3) is 0.308. The summed E-state index contributed by atoms with van der Waals surface area (Å²) in [5.41, 5.74) is 7.67. The Morgan fingerprint density at radius 3 is 2.74 bits per heavy atom. The smallest absolute Gasteiger partial charge is 0.180 e. The maximum Gasteiger partial charge on any atom is 0.180 e. The van der Waals surface area contributed by atoms with E-state index in [-0.39, 0.29) is 0 Å². The summed E-state index contributed by atoms with van der Waals surface area (Å²) < 4.78 is 23.1. The summed E-state index contributed by atoms with van der Waals surface area (Å²) in [5.74, 6) is 0. The Kier molecular flexibility index (Phi) is 3.91. The molecule has 2 N–H and O–H groups in total. The van der Waals surface area contributed by atoms with E-state index in [0.29, 0.717) is 16.4 Å². The van der Waals surface area contributed by atoms with Crippen LogP contribution in [-0.2, 0) is 22.7 Å². The fourth-order valence-corrected chi connectivity index (χ4v) is 3.54. The second-order valence-electron chi connectivity index (χ2n) is 4.37. The van der Waals surface area contributed by atoms with E-state index >= 15 is 0 Å². The third kappa shape index (κ3) is 3.33. The van der Waals surface area contributed by atoms with Crippen LogP contribution in [0.25, 0.3) is 0 Å². The quantitative estimate of drug-likeness (QED) is 0.939. The minimum Gasteiger partial charge on any atom is -0.375 e. The first-order valence-electron chi connectivity index (χ1n) is 5.93. The van der Waals surface area contributed by atoms with Gasteiger partial charge in [0.15, 0.2) is 15.0 Å². The number of hydrogen-bond donors (Lipinski definition) is 1. The number of nitrogens with two attached hydrogens (primary N) is 1. The highest BCUT2D eigenvalue weighted by Crippen LogP contribution is 2.24. The van der Waals surface area contributed by atoms with Gasteiger partial charge in [-0.25, -0.2) is 13.4 Å². The molecule has 0 fully saturated rings. The Balaban J connectivity index is 2.33. The molecule has 1 aromatic carbocycles. The van der Waals surface area contributed by atoms with Gasteiger partial charge in [0.25, 0.3) is 0 Å². The van der Waals surface area contributed by atoms with E-state index in [1.807, 2.05) is 13.0 Å². The van der Waals surface area contributed by atoms with E-state index < -0.39 is 9.84 Å². The molecule has 0 radical (unpaired) electrons. The summed E-state index contributed by atoms with van der Waals surface area (Å²) in [7, 11) is -3.16. The van der Waals surface area contributed by atoms with Gasteiger partial charge in [0.2, 0.25) is 0 Å². The lowest BCUT2D eigenvalue weighted by atomic mass is 10.1. The minimum absolute atomic E-state index is 0.348. The largest absolute Gasteiger partial charge is 0.375 e. The number of sulfone groups is 1. The first kappa shape index (κ1) is 14.0. The molecular weight excluding hydrogens is 280 g/mol. The molecule has 0 saturated heterocycles. The summed E-state index contributed by atoms with van der Waals surface area (Å²) in [5, 5.41) is 0.561. The molecule has 0 saturated carbocycles. The number of nitrogens with zero attached hydrogens (tertiary/aromatic N) is 1. The first-order chi connectivity index (χ1) is 8.90. The maximum absolute atomic E-state index is 11.5. The van der Waals surface area contributed by atoms with Crippen LogP contribution < -0.4 is 5.73 Å². The van der Waals surface area contributed by atoms with Crippen molar-refractivity contribution < 1.29 is 8.42 Å². The normalized spacial score (nSPS) is 11.7. The molecule has 1 heterocycles. The number of aryl methyl sites for hydroxylation is 1. The van der Waals surface area contributed by atoms with Crippen LogP contribution in [0.1, 0.15) is 23.1 Å². The van der Waals surface area contributed by atoms with Crippen molar-refractivity contribution in [2.24, 2.45) is 0 Å². The lowest BCUT2D eigenvalue weighted by molar-refractivity contribution is 0.602. The lowest BCUT2D eigenvalue weighted by Gasteiger charge is -2.03. The molecule has 0 spiro atoms. The molecule has 0 bridgehead atoms. The first-order valence-corrected chi connectivity index (χ1v) is 8.64. The summed E-state index contributed by atoms with van der Waals surface area (Å²) in [6.07, 6.45) is 2.71. The van der Waals surface area contributed by atoms with Gasteiger partial charge in [0.05, 0.1) is 10.6 Å². The van der Waals surface area contributed by atoms with Gasteiger partial charge in [-0.15, -0.1) is 11.3 Å². The molecule has 102 valence electrons. The van der Waals surface area contributed by atoms with Crippen LogP contribution in [0.3, 0.4) is 0 Å². The second kappa shape index (κ2) is 5.30. The van der Waals surface area contributed by atoms with Crippen LogP contribution in [0, 0.1) is 0 Å². The van der Waals surface area contributed by atoms with Gasteiger partial charge in [-0.1, -0.05) is 19.1 Å². The molecule has 4 nitrogen and oxygen atoms in total. The summed E-state index contributed by atoms with van der Waals surface area (Å²) in [6, 6.07) is 7.01. The van der Waals surface area contributed by atoms with E-state index in [1.54, 1.807) is 18.2 Å². The van der Waals surface area contributed by atoms with Crippen molar-refractivity contribution in [3.63, 3.8) is 0 Å². The van der Waals surface area contributed by atoms with Crippen LogP contribution in [-0.4, -0.2) is 19.7 Å². The molecule has 0 aliphatic carbocycles. The number of nitrogen functional groups attached to an aromatic ring is 1. The van der Waals surface area contributed by atoms with Crippen molar-refractivity contribution in [1.82, 2.24) is 4.98 Å². The van der Waals surface area contributed by atoms with Crippen molar-refractivity contribution in [3.05, 3.63) is 40.4 Å². The van der Waals surface area contributed by atoms with Crippen LogP contribution in [0.2, 0.25) is 0 Å². The van der Waals surface area contributed by atoms with E-state index in [0.717, 1.165) is 22.6 Å². The minimum atomic E-state index is -3.16. The molecule has 0 atom stereocenters.